The fourth-order valence-electron chi connectivity index (χ4n) is 3.79. The van der Waals surface area contributed by atoms with Gasteiger partial charge in [-0.05, 0) is 54.1 Å². The maximum Gasteiger partial charge on any atom is 0.0988 e. The van der Waals surface area contributed by atoms with E-state index < -0.39 is 0 Å². The molecule has 0 spiro atoms. The molecule has 31 heavy (non-hydrogen) atoms. The third-order valence-corrected chi connectivity index (χ3v) is 6.61. The Bertz CT molecular complexity index is 1050. The van der Waals surface area contributed by atoms with Crippen molar-refractivity contribution < 1.29 is 0 Å². The summed E-state index contributed by atoms with van der Waals surface area (Å²) in [6.45, 7) is 3.11. The van der Waals surface area contributed by atoms with Crippen LogP contribution in [-0.4, -0.2) is 54.3 Å². The lowest BCUT2D eigenvalue weighted by molar-refractivity contribution is 0.211. The first-order valence-corrected chi connectivity index (χ1v) is 11.7. The summed E-state index contributed by atoms with van der Waals surface area (Å²) < 4.78 is 4.37. The molecule has 0 unspecified atom stereocenters. The van der Waals surface area contributed by atoms with Crippen molar-refractivity contribution in [3.63, 3.8) is 0 Å². The van der Waals surface area contributed by atoms with E-state index in [0.29, 0.717) is 6.04 Å². The number of halogens is 1. The standard InChI is InChI=1S/C24H28ClN5S/c1-29(2)17-27-31-24-13-18(3-6-23(24)25)16-30-11-8-21(9-12-30)28-22-5-4-20-15-26-10-7-19(20)14-22/h3-7,10,13-15,17,21,28H,8-9,11-12,16H2,1-2H3/b27-17+. The van der Waals surface area contributed by atoms with Crippen LogP contribution in [0.1, 0.15) is 18.4 Å². The lowest BCUT2D eigenvalue weighted by Gasteiger charge is -2.33. The Balaban J connectivity index is 1.30. The lowest BCUT2D eigenvalue weighted by Crippen LogP contribution is -2.38. The number of hydrogen-bond donors (Lipinski definition) is 1. The van der Waals surface area contributed by atoms with Crippen LogP contribution in [-0.2, 0) is 6.54 Å². The maximum absolute atomic E-state index is 6.35. The molecule has 0 bridgehead atoms. The Morgan fingerprint density at radius 2 is 2.00 bits per heavy atom. The van der Waals surface area contributed by atoms with Crippen molar-refractivity contribution in [1.29, 1.82) is 0 Å². The van der Waals surface area contributed by atoms with Gasteiger partial charge in [-0.2, -0.15) is 0 Å². The summed E-state index contributed by atoms with van der Waals surface area (Å²) >= 11 is 7.77. The van der Waals surface area contributed by atoms with Crippen molar-refractivity contribution in [2.75, 3.05) is 32.5 Å². The highest BCUT2D eigenvalue weighted by atomic mass is 35.5. The number of piperidine rings is 1. The summed E-state index contributed by atoms with van der Waals surface area (Å²) in [5.41, 5.74) is 2.47. The second-order valence-corrected chi connectivity index (χ2v) is 9.41. The van der Waals surface area contributed by atoms with Gasteiger partial charge in [0.15, 0.2) is 0 Å². The van der Waals surface area contributed by atoms with Gasteiger partial charge >= 0.3 is 0 Å². The van der Waals surface area contributed by atoms with Crippen LogP contribution in [0.3, 0.4) is 0 Å². The second-order valence-electron chi connectivity index (χ2n) is 8.17. The summed E-state index contributed by atoms with van der Waals surface area (Å²) in [7, 11) is 3.91. The fourth-order valence-corrected chi connectivity index (χ4v) is 4.72. The fraction of sp³-hybridized carbons (Fsp3) is 0.333. The summed E-state index contributed by atoms with van der Waals surface area (Å²) in [4.78, 5) is 9.62. The molecule has 5 nitrogen and oxygen atoms in total. The van der Waals surface area contributed by atoms with Crippen LogP contribution in [0.25, 0.3) is 10.8 Å². The van der Waals surface area contributed by atoms with Gasteiger partial charge in [0.05, 0.1) is 11.4 Å². The number of anilines is 1. The van der Waals surface area contributed by atoms with Gasteiger partial charge in [0.25, 0.3) is 0 Å². The van der Waals surface area contributed by atoms with E-state index in [1.165, 1.54) is 34.0 Å². The van der Waals surface area contributed by atoms with E-state index in [-0.39, 0.29) is 0 Å². The Morgan fingerprint density at radius 1 is 1.16 bits per heavy atom. The van der Waals surface area contributed by atoms with Gasteiger partial charge in [0.1, 0.15) is 0 Å². The zero-order valence-corrected chi connectivity index (χ0v) is 19.5. The van der Waals surface area contributed by atoms with E-state index >= 15 is 0 Å². The van der Waals surface area contributed by atoms with Crippen molar-refractivity contribution in [3.8, 4) is 0 Å². The number of hydrogen-bond acceptors (Lipinski definition) is 5. The first-order valence-electron chi connectivity index (χ1n) is 10.5. The van der Waals surface area contributed by atoms with E-state index in [0.717, 1.165) is 42.4 Å². The molecule has 2 aromatic carbocycles. The minimum Gasteiger partial charge on any atom is -0.382 e. The summed E-state index contributed by atoms with van der Waals surface area (Å²) in [6.07, 6.45) is 7.82. The molecule has 1 fully saturated rings. The van der Waals surface area contributed by atoms with Gasteiger partial charge in [-0.3, -0.25) is 9.88 Å². The van der Waals surface area contributed by atoms with Crippen LogP contribution in [0.4, 0.5) is 5.69 Å². The van der Waals surface area contributed by atoms with Crippen LogP contribution in [0.5, 0.6) is 0 Å². The average Bonchev–Trinajstić information content (AvgIpc) is 2.77. The molecule has 0 radical (unpaired) electrons. The number of likely N-dealkylation sites (tertiary alicyclic amines) is 1. The third kappa shape index (κ3) is 6.12. The normalized spacial score (nSPS) is 15.6. The number of nitrogens with zero attached hydrogens (tertiary/aromatic N) is 4. The largest absolute Gasteiger partial charge is 0.382 e. The molecule has 1 saturated heterocycles. The topological polar surface area (TPSA) is 43.8 Å². The first kappa shape index (κ1) is 21.9. The van der Waals surface area contributed by atoms with E-state index in [1.807, 2.05) is 37.5 Å². The summed E-state index contributed by atoms with van der Waals surface area (Å²) in [5, 5.41) is 6.87. The van der Waals surface area contributed by atoms with Crippen LogP contribution < -0.4 is 5.32 Å². The van der Waals surface area contributed by atoms with Crippen LogP contribution >= 0.6 is 23.5 Å². The number of rotatable bonds is 7. The quantitative estimate of drug-likeness (QED) is 0.288. The molecule has 0 aliphatic carbocycles. The monoisotopic (exact) mass is 453 g/mol. The van der Waals surface area contributed by atoms with Crippen molar-refractivity contribution in [3.05, 3.63) is 65.4 Å². The predicted octanol–water partition coefficient (Wildman–Crippen LogP) is 5.56. The molecule has 0 saturated carbocycles. The Morgan fingerprint density at radius 3 is 2.81 bits per heavy atom. The number of nitrogens with one attached hydrogen (secondary N) is 1. The van der Waals surface area contributed by atoms with Gasteiger partial charge in [0.2, 0.25) is 0 Å². The van der Waals surface area contributed by atoms with E-state index in [2.05, 4.69) is 56.0 Å². The maximum atomic E-state index is 6.35. The van der Waals surface area contributed by atoms with Gasteiger partial charge in [-0.25, -0.2) is 4.40 Å². The smallest absolute Gasteiger partial charge is 0.0988 e. The SMILES string of the molecule is CN(C)/C=N/Sc1cc(CN2CCC(Nc3ccc4cnccc4c3)CC2)ccc1Cl. The molecule has 1 N–H and O–H groups in total. The number of pyridine rings is 1. The van der Waals surface area contributed by atoms with Gasteiger partial charge in [0, 0.05) is 80.1 Å². The van der Waals surface area contributed by atoms with Gasteiger partial charge in [-0.1, -0.05) is 23.7 Å². The Hall–Kier alpha value is -2.28. The minimum atomic E-state index is 0.507. The second kappa shape index (κ2) is 10.4. The van der Waals surface area contributed by atoms with Crippen molar-refractivity contribution in [1.82, 2.24) is 14.8 Å². The highest BCUT2D eigenvalue weighted by Gasteiger charge is 2.19. The van der Waals surface area contributed by atoms with Crippen molar-refractivity contribution in [2.24, 2.45) is 4.40 Å². The molecule has 2 heterocycles. The zero-order valence-electron chi connectivity index (χ0n) is 18.0. The molecule has 1 aromatic heterocycles. The Labute approximate surface area is 193 Å². The molecule has 0 amide bonds. The molecule has 1 aliphatic rings. The molecule has 162 valence electrons. The number of aromatic nitrogens is 1. The molecular weight excluding hydrogens is 426 g/mol. The highest BCUT2D eigenvalue weighted by Crippen LogP contribution is 2.30. The van der Waals surface area contributed by atoms with E-state index in [1.54, 1.807) is 6.34 Å². The van der Waals surface area contributed by atoms with E-state index in [9.17, 15) is 0 Å². The average molecular weight is 454 g/mol. The zero-order chi connectivity index (χ0) is 21.6. The summed E-state index contributed by atoms with van der Waals surface area (Å²) in [6, 6.07) is 15.3. The van der Waals surface area contributed by atoms with Crippen LogP contribution in [0, 0.1) is 0 Å². The highest BCUT2D eigenvalue weighted by molar-refractivity contribution is 7.98. The van der Waals surface area contributed by atoms with Crippen molar-refractivity contribution >= 4 is 46.3 Å². The molecule has 7 heteroatoms. The first-order chi connectivity index (χ1) is 15.1. The van der Waals surface area contributed by atoms with Gasteiger partial charge < -0.3 is 10.2 Å². The third-order valence-electron chi connectivity index (χ3n) is 5.43. The molecule has 3 aromatic rings. The van der Waals surface area contributed by atoms with Crippen LogP contribution in [0.15, 0.2) is 64.2 Å². The molecule has 0 atom stereocenters. The Kier molecular flexibility index (Phi) is 7.33. The molecular formula is C24H28ClN5S. The lowest BCUT2D eigenvalue weighted by atomic mass is 10.0. The number of fused-ring (bicyclic) bond motifs is 1. The van der Waals surface area contributed by atoms with Crippen LogP contribution in [0.2, 0.25) is 5.02 Å². The summed E-state index contributed by atoms with van der Waals surface area (Å²) in [5.74, 6) is 0. The number of benzene rings is 2. The predicted molar refractivity (Wildman–Crippen MR) is 133 cm³/mol. The van der Waals surface area contributed by atoms with Gasteiger partial charge in [-0.15, -0.1) is 0 Å². The van der Waals surface area contributed by atoms with E-state index in [4.69, 9.17) is 11.6 Å². The van der Waals surface area contributed by atoms with Crippen molar-refractivity contribution in [2.45, 2.75) is 30.3 Å². The molecule has 1 aliphatic heterocycles. The molecule has 4 rings (SSSR count). The minimum absolute atomic E-state index is 0.507.